The van der Waals surface area contributed by atoms with Crippen molar-refractivity contribution in [2.75, 3.05) is 5.32 Å². The first-order valence-corrected chi connectivity index (χ1v) is 8.81. The van der Waals surface area contributed by atoms with Crippen LogP contribution in [-0.4, -0.2) is 26.2 Å². The molecular formula is C18H17F3N4OS. The molecule has 0 aliphatic rings. The van der Waals surface area contributed by atoms with E-state index in [0.717, 1.165) is 22.5 Å². The van der Waals surface area contributed by atoms with E-state index in [1.165, 1.54) is 6.20 Å². The van der Waals surface area contributed by atoms with E-state index in [9.17, 15) is 18.3 Å². The molecule has 0 spiro atoms. The van der Waals surface area contributed by atoms with Crippen LogP contribution in [0, 0.1) is 13.8 Å². The summed E-state index contributed by atoms with van der Waals surface area (Å²) in [6.45, 7) is 4.46. The fourth-order valence-corrected chi connectivity index (χ4v) is 3.31. The maximum atomic E-state index is 13.0. The molecule has 27 heavy (non-hydrogen) atoms. The van der Waals surface area contributed by atoms with Crippen molar-refractivity contribution in [1.29, 1.82) is 0 Å². The molecule has 0 saturated carbocycles. The smallest absolute Gasteiger partial charge is 0.375 e. The second kappa shape index (κ2) is 6.90. The van der Waals surface area contributed by atoms with Crippen LogP contribution in [0.2, 0.25) is 0 Å². The Morgan fingerprint density at radius 2 is 1.63 bits per heavy atom. The molecule has 9 heteroatoms. The maximum Gasteiger partial charge on any atom is 0.423 e. The Bertz CT molecular complexity index is 952. The van der Waals surface area contributed by atoms with Crippen LogP contribution in [0.25, 0.3) is 10.4 Å². The van der Waals surface area contributed by atoms with E-state index in [2.05, 4.69) is 20.3 Å². The van der Waals surface area contributed by atoms with Gasteiger partial charge >= 0.3 is 6.18 Å². The van der Waals surface area contributed by atoms with Gasteiger partial charge in [0.2, 0.25) is 11.5 Å². The summed E-state index contributed by atoms with van der Waals surface area (Å²) in [7, 11) is 0. The molecule has 2 aromatic heterocycles. The highest BCUT2D eigenvalue weighted by Gasteiger charge is 2.53. The maximum absolute atomic E-state index is 13.0. The van der Waals surface area contributed by atoms with Crippen molar-refractivity contribution < 1.29 is 18.3 Å². The molecule has 0 saturated heterocycles. The largest absolute Gasteiger partial charge is 0.423 e. The molecule has 0 fully saturated rings. The highest BCUT2D eigenvalue weighted by Crippen LogP contribution is 2.42. The number of nitrogens with zero attached hydrogens (tertiary/aromatic N) is 3. The Labute approximate surface area is 158 Å². The highest BCUT2D eigenvalue weighted by atomic mass is 32.1. The molecule has 2 heterocycles. The van der Waals surface area contributed by atoms with Gasteiger partial charge in [0.1, 0.15) is 5.01 Å². The monoisotopic (exact) mass is 394 g/mol. The van der Waals surface area contributed by atoms with Crippen molar-refractivity contribution in [3.63, 3.8) is 0 Å². The topological polar surface area (TPSA) is 70.9 Å². The van der Waals surface area contributed by atoms with Gasteiger partial charge < -0.3 is 10.4 Å². The lowest BCUT2D eigenvalue weighted by Gasteiger charge is -2.23. The minimum Gasteiger partial charge on any atom is -0.375 e. The predicted octanol–water partition coefficient (Wildman–Crippen LogP) is 4.73. The van der Waals surface area contributed by atoms with E-state index in [-0.39, 0.29) is 0 Å². The Kier molecular flexibility index (Phi) is 4.92. The summed E-state index contributed by atoms with van der Waals surface area (Å²) in [4.78, 5) is 12.7. The second-order valence-corrected chi connectivity index (χ2v) is 7.43. The average molecular weight is 394 g/mol. The fourth-order valence-electron chi connectivity index (χ4n) is 2.34. The molecule has 3 rings (SSSR count). The predicted molar refractivity (Wildman–Crippen MR) is 98.0 cm³/mol. The third-order valence-corrected chi connectivity index (χ3v) is 5.13. The number of hydrogen-bond acceptors (Lipinski definition) is 6. The summed E-state index contributed by atoms with van der Waals surface area (Å²) in [5.41, 5.74) is 0.230. The minimum atomic E-state index is -4.80. The Hall–Kier alpha value is -2.52. The first-order chi connectivity index (χ1) is 12.6. The molecule has 0 radical (unpaired) electrons. The summed E-state index contributed by atoms with van der Waals surface area (Å²) in [6.07, 6.45) is -0.104. The van der Waals surface area contributed by atoms with Gasteiger partial charge in [-0.05, 0) is 49.6 Å². The van der Waals surface area contributed by atoms with E-state index in [1.807, 2.05) is 26.0 Å². The summed E-state index contributed by atoms with van der Waals surface area (Å²) >= 11 is 0.805. The van der Waals surface area contributed by atoms with Crippen molar-refractivity contribution in [2.24, 2.45) is 0 Å². The van der Waals surface area contributed by atoms with E-state index < -0.39 is 16.8 Å². The first kappa shape index (κ1) is 19.2. The molecule has 0 aliphatic carbocycles. The van der Waals surface area contributed by atoms with Gasteiger partial charge in [0.15, 0.2) is 0 Å². The highest BCUT2D eigenvalue weighted by molar-refractivity contribution is 7.15. The lowest BCUT2D eigenvalue weighted by Crippen LogP contribution is -2.39. The van der Waals surface area contributed by atoms with Gasteiger partial charge in [-0.15, -0.1) is 11.3 Å². The zero-order valence-electron chi connectivity index (χ0n) is 14.8. The number of nitrogens with one attached hydrogen (secondary N) is 1. The second-order valence-electron chi connectivity index (χ2n) is 6.40. The average Bonchev–Trinajstić information content (AvgIpc) is 3.06. The van der Waals surface area contributed by atoms with E-state index in [1.54, 1.807) is 18.5 Å². The number of anilines is 2. The number of alkyl halides is 3. The van der Waals surface area contributed by atoms with Crippen LogP contribution in [0.15, 0.2) is 36.8 Å². The fraction of sp³-hybridized carbons (Fsp3) is 0.278. The number of aryl methyl sites for hydroxylation is 2. The Balaban J connectivity index is 1.92. The molecular weight excluding hydrogens is 377 g/mol. The van der Waals surface area contributed by atoms with Crippen molar-refractivity contribution in [3.8, 4) is 10.4 Å². The van der Waals surface area contributed by atoms with Gasteiger partial charge in [-0.25, -0.2) is 15.0 Å². The standard InChI is InChI=1S/C18H17F3N4OS/c1-10-4-12(6-13(5-10)25-16-23-7-11(2)8-24-16)14-9-22-15(27-14)17(3,26)18(19,20)21/h4-9,26H,1-3H3,(H,23,24,25). The summed E-state index contributed by atoms with van der Waals surface area (Å²) in [5.74, 6) is 0.419. The quantitative estimate of drug-likeness (QED) is 0.669. The lowest BCUT2D eigenvalue weighted by molar-refractivity contribution is -0.258. The Morgan fingerprint density at radius 3 is 2.26 bits per heavy atom. The van der Waals surface area contributed by atoms with Crippen LogP contribution in [-0.2, 0) is 5.60 Å². The number of hydrogen-bond donors (Lipinski definition) is 2. The lowest BCUT2D eigenvalue weighted by atomic mass is 10.1. The van der Waals surface area contributed by atoms with Gasteiger partial charge in [-0.1, -0.05) is 6.07 Å². The van der Waals surface area contributed by atoms with Gasteiger partial charge in [-0.3, -0.25) is 0 Å². The first-order valence-electron chi connectivity index (χ1n) is 7.99. The van der Waals surface area contributed by atoms with Crippen molar-refractivity contribution in [2.45, 2.75) is 32.5 Å². The van der Waals surface area contributed by atoms with Crippen molar-refractivity contribution >= 4 is 23.0 Å². The number of aromatic nitrogens is 3. The molecule has 1 atom stereocenters. The molecule has 0 amide bonds. The van der Waals surface area contributed by atoms with Crippen LogP contribution in [0.4, 0.5) is 24.8 Å². The van der Waals surface area contributed by atoms with Gasteiger partial charge in [0.25, 0.3) is 0 Å². The number of benzene rings is 1. The van der Waals surface area contributed by atoms with Gasteiger partial charge in [0.05, 0.1) is 4.88 Å². The van der Waals surface area contributed by atoms with Gasteiger partial charge in [-0.2, -0.15) is 13.2 Å². The zero-order valence-corrected chi connectivity index (χ0v) is 15.6. The van der Waals surface area contributed by atoms with Crippen LogP contribution < -0.4 is 5.32 Å². The third kappa shape index (κ3) is 4.09. The van der Waals surface area contributed by atoms with E-state index >= 15 is 0 Å². The minimum absolute atomic E-state index is 0.400. The SMILES string of the molecule is Cc1cnc(Nc2cc(C)cc(-c3cnc(C(C)(O)C(F)(F)F)s3)c2)nc1. The third-order valence-electron chi connectivity index (χ3n) is 3.87. The van der Waals surface area contributed by atoms with Crippen molar-refractivity contribution in [3.05, 3.63) is 52.9 Å². The van der Waals surface area contributed by atoms with Gasteiger partial charge in [0, 0.05) is 24.3 Å². The molecule has 0 bridgehead atoms. The van der Waals surface area contributed by atoms with Crippen molar-refractivity contribution in [1.82, 2.24) is 15.0 Å². The summed E-state index contributed by atoms with van der Waals surface area (Å²) in [5, 5.41) is 12.5. The molecule has 1 aromatic carbocycles. The molecule has 3 aromatic rings. The number of halogens is 3. The Morgan fingerprint density at radius 1 is 0.963 bits per heavy atom. The zero-order chi connectivity index (χ0) is 19.8. The number of aliphatic hydroxyl groups is 1. The van der Waals surface area contributed by atoms with Crippen LogP contribution in [0.3, 0.4) is 0 Å². The van der Waals surface area contributed by atoms with Crippen LogP contribution in [0.1, 0.15) is 23.1 Å². The molecule has 142 valence electrons. The molecule has 0 aliphatic heterocycles. The van der Waals surface area contributed by atoms with E-state index in [4.69, 9.17) is 0 Å². The molecule has 1 unspecified atom stereocenters. The van der Waals surface area contributed by atoms with E-state index in [0.29, 0.717) is 29.0 Å². The normalized spacial score (nSPS) is 14.0. The number of rotatable bonds is 4. The molecule has 5 nitrogen and oxygen atoms in total. The summed E-state index contributed by atoms with van der Waals surface area (Å²) < 4.78 is 39.1. The summed E-state index contributed by atoms with van der Waals surface area (Å²) in [6, 6.07) is 5.48. The van der Waals surface area contributed by atoms with Crippen LogP contribution >= 0.6 is 11.3 Å². The molecule has 2 N–H and O–H groups in total. The van der Waals surface area contributed by atoms with Crippen LogP contribution in [0.5, 0.6) is 0 Å². The number of thiazole rings is 1.